The number of aromatic nitrogens is 2. The van der Waals surface area contributed by atoms with E-state index in [4.69, 9.17) is 4.74 Å². The summed E-state index contributed by atoms with van der Waals surface area (Å²) in [6, 6.07) is 10.7. The van der Waals surface area contributed by atoms with E-state index < -0.39 is 0 Å². The Morgan fingerprint density at radius 1 is 1.29 bits per heavy atom. The zero-order chi connectivity index (χ0) is 15.1. The van der Waals surface area contributed by atoms with Gasteiger partial charge < -0.3 is 10.1 Å². The molecule has 1 atom stereocenters. The first-order chi connectivity index (χ1) is 10.3. The number of rotatable bonds is 8. The third-order valence-electron chi connectivity index (χ3n) is 3.57. The third-order valence-corrected chi connectivity index (χ3v) is 3.57. The van der Waals surface area contributed by atoms with Gasteiger partial charge in [-0.3, -0.25) is 4.68 Å². The van der Waals surface area contributed by atoms with Crippen molar-refractivity contribution in [1.82, 2.24) is 15.1 Å². The summed E-state index contributed by atoms with van der Waals surface area (Å²) in [5.41, 5.74) is 2.52. The minimum absolute atomic E-state index is 0.274. The number of aryl methyl sites for hydroxylation is 1. The van der Waals surface area contributed by atoms with Crippen LogP contribution in [-0.2, 0) is 13.0 Å². The molecule has 21 heavy (non-hydrogen) atoms. The fourth-order valence-electron chi connectivity index (χ4n) is 2.60. The molecule has 0 aliphatic carbocycles. The summed E-state index contributed by atoms with van der Waals surface area (Å²) < 4.78 is 7.42. The summed E-state index contributed by atoms with van der Waals surface area (Å²) in [4.78, 5) is 0. The highest BCUT2D eigenvalue weighted by Gasteiger charge is 2.16. The Balaban J connectivity index is 2.19. The van der Waals surface area contributed by atoms with E-state index in [2.05, 4.69) is 47.1 Å². The summed E-state index contributed by atoms with van der Waals surface area (Å²) >= 11 is 0. The van der Waals surface area contributed by atoms with Crippen molar-refractivity contribution in [3.05, 3.63) is 47.8 Å². The largest absolute Gasteiger partial charge is 0.497 e. The number of ether oxygens (including phenoxy) is 1. The van der Waals surface area contributed by atoms with Gasteiger partial charge in [-0.05, 0) is 43.1 Å². The molecular formula is C17H25N3O. The number of nitrogens with one attached hydrogen (secondary N) is 1. The molecule has 0 fully saturated rings. The number of likely N-dealkylation sites (N-methyl/N-ethyl adjacent to an activating group) is 1. The van der Waals surface area contributed by atoms with Gasteiger partial charge in [0, 0.05) is 12.7 Å². The van der Waals surface area contributed by atoms with Gasteiger partial charge in [0.2, 0.25) is 0 Å². The number of benzene rings is 1. The molecule has 0 amide bonds. The first-order valence-electron chi connectivity index (χ1n) is 7.66. The molecule has 1 aromatic carbocycles. The number of nitrogens with zero attached hydrogens (tertiary/aromatic N) is 2. The molecule has 4 nitrogen and oxygen atoms in total. The van der Waals surface area contributed by atoms with Crippen molar-refractivity contribution in [3.8, 4) is 5.75 Å². The highest BCUT2D eigenvalue weighted by atomic mass is 16.5. The Hall–Kier alpha value is -1.81. The fourth-order valence-corrected chi connectivity index (χ4v) is 2.60. The molecule has 0 spiro atoms. The molecule has 0 bridgehead atoms. The van der Waals surface area contributed by atoms with Crippen LogP contribution in [0.25, 0.3) is 0 Å². The van der Waals surface area contributed by atoms with Crippen LogP contribution in [0.5, 0.6) is 5.75 Å². The lowest BCUT2D eigenvalue weighted by Crippen LogP contribution is -2.25. The summed E-state index contributed by atoms with van der Waals surface area (Å²) in [6.07, 6.45) is 3.91. The minimum atomic E-state index is 0.274. The lowest BCUT2D eigenvalue weighted by molar-refractivity contribution is 0.413. The molecule has 2 aromatic rings. The van der Waals surface area contributed by atoms with Crippen LogP contribution in [0.1, 0.15) is 37.6 Å². The normalized spacial score (nSPS) is 12.3. The highest BCUT2D eigenvalue weighted by Crippen LogP contribution is 2.21. The molecule has 1 aromatic heterocycles. The standard InChI is InChI=1S/C17H25N3O/c1-4-11-20-17(9-10-19-20)16(18-5-2)13-14-7-6-8-15(12-14)21-3/h6-10,12,16,18H,4-5,11,13H2,1-3H3. The van der Waals surface area contributed by atoms with Gasteiger partial charge in [-0.1, -0.05) is 26.0 Å². The number of hydrogen-bond donors (Lipinski definition) is 1. The molecule has 0 saturated heterocycles. The maximum atomic E-state index is 5.31. The van der Waals surface area contributed by atoms with E-state index in [1.807, 2.05) is 18.3 Å². The molecule has 1 heterocycles. The SMILES string of the molecule is CCCn1nccc1C(Cc1cccc(OC)c1)NCC. The molecule has 0 aliphatic rings. The van der Waals surface area contributed by atoms with Gasteiger partial charge in [0.05, 0.1) is 18.8 Å². The average molecular weight is 287 g/mol. The second-order valence-electron chi connectivity index (χ2n) is 5.15. The van der Waals surface area contributed by atoms with Gasteiger partial charge in [-0.2, -0.15) is 5.10 Å². The zero-order valence-corrected chi connectivity index (χ0v) is 13.2. The van der Waals surface area contributed by atoms with Crippen LogP contribution >= 0.6 is 0 Å². The Kier molecular flexibility index (Phi) is 5.81. The Labute approximate surface area is 127 Å². The van der Waals surface area contributed by atoms with E-state index in [1.165, 1.54) is 11.3 Å². The third kappa shape index (κ3) is 4.08. The maximum absolute atomic E-state index is 5.31. The second kappa shape index (κ2) is 7.84. The van der Waals surface area contributed by atoms with E-state index in [0.29, 0.717) is 0 Å². The molecule has 2 rings (SSSR count). The zero-order valence-electron chi connectivity index (χ0n) is 13.2. The minimum Gasteiger partial charge on any atom is -0.497 e. The van der Waals surface area contributed by atoms with Crippen LogP contribution in [-0.4, -0.2) is 23.4 Å². The van der Waals surface area contributed by atoms with Crippen LogP contribution in [0, 0.1) is 0 Å². The lowest BCUT2D eigenvalue weighted by Gasteiger charge is -2.20. The molecule has 114 valence electrons. The molecule has 0 radical (unpaired) electrons. The van der Waals surface area contributed by atoms with Crippen molar-refractivity contribution in [3.63, 3.8) is 0 Å². The van der Waals surface area contributed by atoms with Crippen molar-refractivity contribution in [1.29, 1.82) is 0 Å². The molecule has 1 N–H and O–H groups in total. The summed E-state index contributed by atoms with van der Waals surface area (Å²) in [5.74, 6) is 0.907. The Bertz CT molecular complexity index is 550. The van der Waals surface area contributed by atoms with E-state index in [9.17, 15) is 0 Å². The topological polar surface area (TPSA) is 39.1 Å². The quantitative estimate of drug-likeness (QED) is 0.810. The van der Waals surface area contributed by atoms with E-state index >= 15 is 0 Å². The van der Waals surface area contributed by atoms with Crippen LogP contribution in [0.4, 0.5) is 0 Å². The summed E-state index contributed by atoms with van der Waals surface area (Å²) in [7, 11) is 1.71. The van der Waals surface area contributed by atoms with Crippen LogP contribution in [0.15, 0.2) is 36.5 Å². The van der Waals surface area contributed by atoms with Crippen molar-refractivity contribution in [2.24, 2.45) is 0 Å². The fraction of sp³-hybridized carbons (Fsp3) is 0.471. The van der Waals surface area contributed by atoms with E-state index in [0.717, 1.165) is 31.7 Å². The smallest absolute Gasteiger partial charge is 0.119 e. The van der Waals surface area contributed by atoms with Gasteiger partial charge in [0.25, 0.3) is 0 Å². The van der Waals surface area contributed by atoms with E-state index in [1.54, 1.807) is 7.11 Å². The van der Waals surface area contributed by atoms with E-state index in [-0.39, 0.29) is 6.04 Å². The van der Waals surface area contributed by atoms with Crippen molar-refractivity contribution in [2.75, 3.05) is 13.7 Å². The first kappa shape index (κ1) is 15.6. The number of hydrogen-bond acceptors (Lipinski definition) is 3. The maximum Gasteiger partial charge on any atom is 0.119 e. The first-order valence-corrected chi connectivity index (χ1v) is 7.66. The monoisotopic (exact) mass is 287 g/mol. The lowest BCUT2D eigenvalue weighted by atomic mass is 10.0. The molecule has 4 heteroatoms. The molecule has 1 unspecified atom stereocenters. The predicted octanol–water partition coefficient (Wildman–Crippen LogP) is 3.20. The van der Waals surface area contributed by atoms with Crippen LogP contribution in [0.3, 0.4) is 0 Å². The Morgan fingerprint density at radius 3 is 2.86 bits per heavy atom. The van der Waals surface area contributed by atoms with Gasteiger partial charge in [0.15, 0.2) is 0 Å². The van der Waals surface area contributed by atoms with Crippen molar-refractivity contribution < 1.29 is 4.74 Å². The second-order valence-corrected chi connectivity index (χ2v) is 5.15. The average Bonchev–Trinajstić information content (AvgIpc) is 2.96. The summed E-state index contributed by atoms with van der Waals surface area (Å²) in [5, 5.41) is 8.00. The van der Waals surface area contributed by atoms with Gasteiger partial charge >= 0.3 is 0 Å². The highest BCUT2D eigenvalue weighted by molar-refractivity contribution is 5.29. The molecule has 0 saturated carbocycles. The van der Waals surface area contributed by atoms with Gasteiger partial charge in [0.1, 0.15) is 5.75 Å². The van der Waals surface area contributed by atoms with Crippen molar-refractivity contribution in [2.45, 2.75) is 39.3 Å². The van der Waals surface area contributed by atoms with Crippen LogP contribution in [0.2, 0.25) is 0 Å². The van der Waals surface area contributed by atoms with Gasteiger partial charge in [-0.25, -0.2) is 0 Å². The molecular weight excluding hydrogens is 262 g/mol. The van der Waals surface area contributed by atoms with Crippen LogP contribution < -0.4 is 10.1 Å². The number of methoxy groups -OCH3 is 1. The summed E-state index contributed by atoms with van der Waals surface area (Å²) in [6.45, 7) is 6.21. The van der Waals surface area contributed by atoms with Crippen molar-refractivity contribution >= 4 is 0 Å². The Morgan fingerprint density at radius 2 is 2.14 bits per heavy atom. The van der Waals surface area contributed by atoms with Gasteiger partial charge in [-0.15, -0.1) is 0 Å². The predicted molar refractivity (Wildman–Crippen MR) is 85.6 cm³/mol. The molecule has 0 aliphatic heterocycles.